The van der Waals surface area contributed by atoms with Gasteiger partial charge in [-0.3, -0.25) is 9.59 Å². The number of carbonyl (C=O) groups is 2. The van der Waals surface area contributed by atoms with E-state index in [1.807, 2.05) is 45.0 Å². The van der Waals surface area contributed by atoms with E-state index in [0.29, 0.717) is 13.0 Å². The van der Waals surface area contributed by atoms with Gasteiger partial charge < -0.3 is 15.2 Å². The standard InChI is InChI=1S/C17H21N3O2/c1-10(2)20-9-12(8-16(20)21)17(22)19-15-6-4-5-14-13(15)7-11(3)18-14/h4-7,10,12,18H,8-9H2,1-3H3,(H,19,22). The first-order valence-electron chi connectivity index (χ1n) is 7.64. The van der Waals surface area contributed by atoms with Gasteiger partial charge in [-0.1, -0.05) is 6.07 Å². The predicted molar refractivity (Wildman–Crippen MR) is 86.6 cm³/mol. The highest BCUT2D eigenvalue weighted by molar-refractivity contribution is 6.04. The maximum absolute atomic E-state index is 12.5. The van der Waals surface area contributed by atoms with E-state index in [4.69, 9.17) is 0 Å². The second-order valence-electron chi connectivity index (χ2n) is 6.25. The van der Waals surface area contributed by atoms with Crippen molar-refractivity contribution in [2.75, 3.05) is 11.9 Å². The van der Waals surface area contributed by atoms with Crippen LogP contribution in [0.15, 0.2) is 24.3 Å². The second-order valence-corrected chi connectivity index (χ2v) is 6.25. The molecule has 2 aromatic rings. The van der Waals surface area contributed by atoms with Gasteiger partial charge >= 0.3 is 0 Å². The third-order valence-corrected chi connectivity index (χ3v) is 4.21. The molecule has 0 aliphatic carbocycles. The number of anilines is 1. The van der Waals surface area contributed by atoms with Gasteiger partial charge in [-0.15, -0.1) is 0 Å². The van der Waals surface area contributed by atoms with Crippen LogP contribution >= 0.6 is 0 Å². The minimum Gasteiger partial charge on any atom is -0.359 e. The molecule has 0 radical (unpaired) electrons. The van der Waals surface area contributed by atoms with Crippen LogP contribution < -0.4 is 5.32 Å². The molecule has 2 amide bonds. The molecule has 116 valence electrons. The number of rotatable bonds is 3. The minimum atomic E-state index is -0.273. The van der Waals surface area contributed by atoms with Gasteiger partial charge in [0.2, 0.25) is 11.8 Å². The molecule has 2 N–H and O–H groups in total. The number of hydrogen-bond acceptors (Lipinski definition) is 2. The molecule has 1 fully saturated rings. The summed E-state index contributed by atoms with van der Waals surface area (Å²) in [7, 11) is 0. The summed E-state index contributed by atoms with van der Waals surface area (Å²) in [6.07, 6.45) is 0.298. The molecular formula is C17H21N3O2. The van der Waals surface area contributed by atoms with E-state index in [0.717, 1.165) is 22.3 Å². The quantitative estimate of drug-likeness (QED) is 0.915. The number of hydrogen-bond donors (Lipinski definition) is 2. The number of carbonyl (C=O) groups excluding carboxylic acids is 2. The summed E-state index contributed by atoms with van der Waals surface area (Å²) >= 11 is 0. The smallest absolute Gasteiger partial charge is 0.229 e. The Kier molecular flexibility index (Phi) is 3.64. The van der Waals surface area contributed by atoms with Gasteiger partial charge in [0.05, 0.1) is 11.6 Å². The Labute approximate surface area is 129 Å². The predicted octanol–water partition coefficient (Wildman–Crippen LogP) is 2.67. The zero-order chi connectivity index (χ0) is 15.9. The number of aromatic nitrogens is 1. The lowest BCUT2D eigenvalue weighted by atomic mass is 10.1. The van der Waals surface area contributed by atoms with Gasteiger partial charge in [0.25, 0.3) is 0 Å². The molecule has 5 nitrogen and oxygen atoms in total. The number of aryl methyl sites for hydroxylation is 1. The molecule has 2 heterocycles. The average Bonchev–Trinajstić information content (AvgIpc) is 3.01. The van der Waals surface area contributed by atoms with Gasteiger partial charge in [-0.2, -0.15) is 0 Å². The average molecular weight is 299 g/mol. The number of aromatic amines is 1. The Morgan fingerprint density at radius 1 is 1.41 bits per heavy atom. The number of fused-ring (bicyclic) bond motifs is 1. The van der Waals surface area contributed by atoms with Crippen LogP contribution in [-0.4, -0.2) is 34.3 Å². The van der Waals surface area contributed by atoms with Gasteiger partial charge in [0.1, 0.15) is 0 Å². The SMILES string of the molecule is Cc1cc2c(NC(=O)C3CC(=O)N(C(C)C)C3)cccc2[nH]1. The number of benzene rings is 1. The van der Waals surface area contributed by atoms with Crippen LogP contribution in [0, 0.1) is 12.8 Å². The topological polar surface area (TPSA) is 65.2 Å². The van der Waals surface area contributed by atoms with Crippen molar-refractivity contribution in [2.45, 2.75) is 33.2 Å². The van der Waals surface area contributed by atoms with E-state index in [1.165, 1.54) is 0 Å². The van der Waals surface area contributed by atoms with Crippen molar-refractivity contribution in [2.24, 2.45) is 5.92 Å². The van der Waals surface area contributed by atoms with Gasteiger partial charge in [-0.25, -0.2) is 0 Å². The van der Waals surface area contributed by atoms with Gasteiger partial charge in [0.15, 0.2) is 0 Å². The molecule has 1 aliphatic heterocycles. The zero-order valence-corrected chi connectivity index (χ0v) is 13.1. The molecule has 5 heteroatoms. The first kappa shape index (κ1) is 14.6. The van der Waals surface area contributed by atoms with Crippen LogP contribution in [0.4, 0.5) is 5.69 Å². The number of nitrogens with one attached hydrogen (secondary N) is 2. The van der Waals surface area contributed by atoms with Crippen LogP contribution in [0.5, 0.6) is 0 Å². The van der Waals surface area contributed by atoms with Crippen LogP contribution in [0.2, 0.25) is 0 Å². The fourth-order valence-corrected chi connectivity index (χ4v) is 3.04. The Hall–Kier alpha value is -2.30. The van der Waals surface area contributed by atoms with Crippen molar-refractivity contribution in [1.82, 2.24) is 9.88 Å². The molecule has 0 saturated carbocycles. The Morgan fingerprint density at radius 2 is 2.18 bits per heavy atom. The summed E-state index contributed by atoms with van der Waals surface area (Å²) in [6.45, 7) is 6.44. The summed E-state index contributed by atoms with van der Waals surface area (Å²) in [5.41, 5.74) is 2.85. The Bertz CT molecular complexity index is 733. The van der Waals surface area contributed by atoms with E-state index in [9.17, 15) is 9.59 Å². The molecule has 1 saturated heterocycles. The molecule has 1 aromatic heterocycles. The van der Waals surface area contributed by atoms with Crippen LogP contribution in [0.1, 0.15) is 26.0 Å². The highest BCUT2D eigenvalue weighted by Crippen LogP contribution is 2.26. The molecule has 0 spiro atoms. The summed E-state index contributed by atoms with van der Waals surface area (Å²) < 4.78 is 0. The molecule has 1 aromatic carbocycles. The van der Waals surface area contributed by atoms with Crippen LogP contribution in [-0.2, 0) is 9.59 Å². The van der Waals surface area contributed by atoms with Crippen molar-refractivity contribution in [3.05, 3.63) is 30.0 Å². The normalized spacial score (nSPS) is 18.5. The van der Waals surface area contributed by atoms with Crippen molar-refractivity contribution in [1.29, 1.82) is 0 Å². The van der Waals surface area contributed by atoms with E-state index >= 15 is 0 Å². The van der Waals surface area contributed by atoms with E-state index in [-0.39, 0.29) is 23.8 Å². The summed E-state index contributed by atoms with van der Waals surface area (Å²) in [4.78, 5) is 29.4. The third-order valence-electron chi connectivity index (χ3n) is 4.21. The molecule has 22 heavy (non-hydrogen) atoms. The zero-order valence-electron chi connectivity index (χ0n) is 13.1. The van der Waals surface area contributed by atoms with Crippen molar-refractivity contribution in [3.8, 4) is 0 Å². The lowest BCUT2D eigenvalue weighted by molar-refractivity contribution is -0.129. The number of likely N-dealkylation sites (tertiary alicyclic amines) is 1. The molecule has 1 atom stereocenters. The van der Waals surface area contributed by atoms with Crippen LogP contribution in [0.3, 0.4) is 0 Å². The van der Waals surface area contributed by atoms with Crippen LogP contribution in [0.25, 0.3) is 10.9 Å². The highest BCUT2D eigenvalue weighted by Gasteiger charge is 2.35. The largest absolute Gasteiger partial charge is 0.359 e. The fraction of sp³-hybridized carbons (Fsp3) is 0.412. The lowest BCUT2D eigenvalue weighted by Gasteiger charge is -2.20. The van der Waals surface area contributed by atoms with E-state index in [1.54, 1.807) is 4.90 Å². The minimum absolute atomic E-state index is 0.0610. The second kappa shape index (κ2) is 5.48. The molecule has 1 unspecified atom stereocenters. The first-order chi connectivity index (χ1) is 10.5. The Balaban J connectivity index is 1.78. The highest BCUT2D eigenvalue weighted by atomic mass is 16.2. The number of nitrogens with zero attached hydrogens (tertiary/aromatic N) is 1. The van der Waals surface area contributed by atoms with Gasteiger partial charge in [-0.05, 0) is 39.0 Å². The molecule has 3 rings (SSSR count). The summed E-state index contributed by atoms with van der Waals surface area (Å²) in [6, 6.07) is 7.95. The number of H-pyrrole nitrogens is 1. The van der Waals surface area contributed by atoms with Gasteiger partial charge in [0, 0.05) is 35.6 Å². The Morgan fingerprint density at radius 3 is 2.86 bits per heavy atom. The van der Waals surface area contributed by atoms with Crippen molar-refractivity contribution in [3.63, 3.8) is 0 Å². The third kappa shape index (κ3) is 2.58. The molecular weight excluding hydrogens is 278 g/mol. The van der Waals surface area contributed by atoms with E-state index in [2.05, 4.69) is 10.3 Å². The lowest BCUT2D eigenvalue weighted by Crippen LogP contribution is -2.33. The van der Waals surface area contributed by atoms with Crippen molar-refractivity contribution >= 4 is 28.4 Å². The van der Waals surface area contributed by atoms with E-state index < -0.39 is 0 Å². The number of amides is 2. The van der Waals surface area contributed by atoms with Crippen molar-refractivity contribution < 1.29 is 9.59 Å². The maximum Gasteiger partial charge on any atom is 0.229 e. The molecule has 0 bridgehead atoms. The fourth-order valence-electron chi connectivity index (χ4n) is 3.04. The molecule has 1 aliphatic rings. The monoisotopic (exact) mass is 299 g/mol. The summed E-state index contributed by atoms with van der Waals surface area (Å²) in [5, 5.41) is 3.98. The first-order valence-corrected chi connectivity index (χ1v) is 7.64. The summed E-state index contributed by atoms with van der Waals surface area (Å²) in [5.74, 6) is -0.293. The maximum atomic E-state index is 12.5.